The van der Waals surface area contributed by atoms with Gasteiger partial charge in [0, 0.05) is 24.0 Å². The largest absolute Gasteiger partial charge is 0.365 e. The fraction of sp³-hybridized carbons (Fsp3) is 0.250. The summed E-state index contributed by atoms with van der Waals surface area (Å²) in [6.07, 6.45) is 0. The van der Waals surface area contributed by atoms with E-state index in [1.54, 1.807) is 15.9 Å². The first-order valence-electron chi connectivity index (χ1n) is 8.98. The Morgan fingerprint density at radius 3 is 2.81 bits per heavy atom. The van der Waals surface area contributed by atoms with Crippen molar-refractivity contribution in [2.75, 3.05) is 18.9 Å². The van der Waals surface area contributed by atoms with Gasteiger partial charge in [0.1, 0.15) is 5.82 Å². The number of rotatable bonds is 7. The van der Waals surface area contributed by atoms with Gasteiger partial charge in [-0.1, -0.05) is 31.2 Å². The zero-order valence-electron chi connectivity index (χ0n) is 15.5. The van der Waals surface area contributed by atoms with E-state index in [0.717, 1.165) is 42.5 Å². The summed E-state index contributed by atoms with van der Waals surface area (Å²) in [6.45, 7) is 4.89. The highest BCUT2D eigenvalue weighted by atomic mass is 32.1. The number of thiophene rings is 1. The Morgan fingerprint density at radius 1 is 1.11 bits per heavy atom. The molecule has 0 aliphatic carbocycles. The van der Waals surface area contributed by atoms with Gasteiger partial charge in [-0.2, -0.15) is 15.9 Å². The molecule has 0 saturated carbocycles. The maximum Gasteiger partial charge on any atom is 0.186 e. The Morgan fingerprint density at radius 2 is 2.00 bits per heavy atom. The molecule has 4 rings (SSSR count). The van der Waals surface area contributed by atoms with Crippen LogP contribution in [0.15, 0.2) is 53.2 Å². The number of hydrogen-bond acceptors (Lipinski definition) is 6. The quantitative estimate of drug-likeness (QED) is 0.528. The standard InChI is InChI=1S/C20H22N6S/c1-3-25(2)13-16-6-4-5-15(11-16)12-21-18-7-8-19-22-23-20(26(19)24-18)17-9-10-27-14-17/h4-11,14H,3,12-13H2,1-2H3,(H,21,24). The van der Waals surface area contributed by atoms with E-state index in [1.807, 2.05) is 23.6 Å². The third-order valence-corrected chi connectivity index (χ3v) is 5.18. The van der Waals surface area contributed by atoms with Crippen LogP contribution in [0, 0.1) is 0 Å². The fourth-order valence-electron chi connectivity index (χ4n) is 2.91. The molecule has 27 heavy (non-hydrogen) atoms. The highest BCUT2D eigenvalue weighted by Gasteiger charge is 2.10. The number of benzene rings is 1. The Labute approximate surface area is 162 Å². The third-order valence-electron chi connectivity index (χ3n) is 4.50. The van der Waals surface area contributed by atoms with Crippen molar-refractivity contribution < 1.29 is 0 Å². The van der Waals surface area contributed by atoms with Gasteiger partial charge in [0.15, 0.2) is 11.5 Å². The van der Waals surface area contributed by atoms with Gasteiger partial charge in [-0.15, -0.1) is 15.3 Å². The van der Waals surface area contributed by atoms with Crippen LogP contribution in [0.25, 0.3) is 17.0 Å². The molecule has 7 heteroatoms. The Balaban J connectivity index is 1.51. The molecule has 0 fully saturated rings. The van der Waals surface area contributed by atoms with E-state index in [0.29, 0.717) is 0 Å². The second-order valence-corrected chi connectivity index (χ2v) is 7.31. The monoisotopic (exact) mass is 378 g/mol. The summed E-state index contributed by atoms with van der Waals surface area (Å²) in [5.41, 5.74) is 4.33. The average molecular weight is 379 g/mol. The SMILES string of the molecule is CCN(C)Cc1cccc(CNc2ccc3nnc(-c4ccsc4)n3n2)c1. The Bertz CT molecular complexity index is 1020. The minimum atomic E-state index is 0.720. The number of nitrogens with zero attached hydrogens (tertiary/aromatic N) is 5. The lowest BCUT2D eigenvalue weighted by atomic mass is 10.1. The summed E-state index contributed by atoms with van der Waals surface area (Å²) in [7, 11) is 2.13. The summed E-state index contributed by atoms with van der Waals surface area (Å²) >= 11 is 1.64. The molecule has 0 aliphatic rings. The van der Waals surface area contributed by atoms with Gasteiger partial charge in [-0.05, 0) is 48.3 Å². The predicted molar refractivity (Wildman–Crippen MR) is 110 cm³/mol. The molecule has 0 aliphatic heterocycles. The maximum absolute atomic E-state index is 4.67. The number of fused-ring (bicyclic) bond motifs is 1. The van der Waals surface area contributed by atoms with Crippen LogP contribution in [0.5, 0.6) is 0 Å². The van der Waals surface area contributed by atoms with Crippen molar-refractivity contribution >= 4 is 22.8 Å². The van der Waals surface area contributed by atoms with Crippen LogP contribution in [0.3, 0.4) is 0 Å². The zero-order chi connectivity index (χ0) is 18.6. The molecule has 0 atom stereocenters. The lowest BCUT2D eigenvalue weighted by Gasteiger charge is -2.14. The van der Waals surface area contributed by atoms with E-state index in [-0.39, 0.29) is 0 Å². The molecule has 3 aromatic heterocycles. The lowest BCUT2D eigenvalue weighted by molar-refractivity contribution is 0.345. The van der Waals surface area contributed by atoms with E-state index in [2.05, 4.69) is 69.1 Å². The summed E-state index contributed by atoms with van der Waals surface area (Å²) < 4.78 is 1.79. The van der Waals surface area contributed by atoms with Crippen LogP contribution < -0.4 is 5.32 Å². The van der Waals surface area contributed by atoms with Crippen molar-refractivity contribution in [3.63, 3.8) is 0 Å². The lowest BCUT2D eigenvalue weighted by Crippen LogP contribution is -2.16. The predicted octanol–water partition coefficient (Wildman–Crippen LogP) is 3.92. The van der Waals surface area contributed by atoms with Gasteiger partial charge in [0.2, 0.25) is 0 Å². The molecule has 1 aromatic carbocycles. The highest BCUT2D eigenvalue weighted by molar-refractivity contribution is 7.08. The molecule has 0 spiro atoms. The van der Waals surface area contributed by atoms with Gasteiger partial charge >= 0.3 is 0 Å². The molecule has 4 aromatic rings. The zero-order valence-corrected chi connectivity index (χ0v) is 16.3. The smallest absolute Gasteiger partial charge is 0.186 e. The third kappa shape index (κ3) is 3.99. The molecule has 1 N–H and O–H groups in total. The molecule has 3 heterocycles. The topological polar surface area (TPSA) is 58.3 Å². The fourth-order valence-corrected chi connectivity index (χ4v) is 3.54. The first kappa shape index (κ1) is 17.6. The minimum Gasteiger partial charge on any atom is -0.365 e. The Hall–Kier alpha value is -2.77. The van der Waals surface area contributed by atoms with E-state index in [9.17, 15) is 0 Å². The second kappa shape index (κ2) is 7.85. The molecule has 0 bridgehead atoms. The van der Waals surface area contributed by atoms with E-state index < -0.39 is 0 Å². The number of nitrogens with one attached hydrogen (secondary N) is 1. The van der Waals surface area contributed by atoms with Crippen LogP contribution in [-0.2, 0) is 13.1 Å². The van der Waals surface area contributed by atoms with Gasteiger partial charge in [-0.25, -0.2) is 0 Å². The number of anilines is 1. The van der Waals surface area contributed by atoms with Crippen molar-refractivity contribution in [2.45, 2.75) is 20.0 Å². The van der Waals surface area contributed by atoms with Gasteiger partial charge < -0.3 is 10.2 Å². The summed E-state index contributed by atoms with van der Waals surface area (Å²) in [5, 5.41) is 20.6. The van der Waals surface area contributed by atoms with Crippen LogP contribution in [0.4, 0.5) is 5.82 Å². The Kier molecular flexibility index (Phi) is 5.13. The molecule has 0 saturated heterocycles. The van der Waals surface area contributed by atoms with Crippen molar-refractivity contribution in [1.29, 1.82) is 0 Å². The van der Waals surface area contributed by atoms with Crippen LogP contribution >= 0.6 is 11.3 Å². The molecule has 0 amide bonds. The first-order chi connectivity index (χ1) is 13.2. The summed E-state index contributed by atoms with van der Waals surface area (Å²) in [6, 6.07) is 14.6. The molecule has 0 unspecified atom stereocenters. The summed E-state index contributed by atoms with van der Waals surface area (Å²) in [4.78, 5) is 2.29. The molecular formula is C20H22N6S. The van der Waals surface area contributed by atoms with Crippen molar-refractivity contribution in [3.05, 3.63) is 64.4 Å². The average Bonchev–Trinajstić information content (AvgIpc) is 3.35. The number of hydrogen-bond donors (Lipinski definition) is 1. The molecule has 138 valence electrons. The second-order valence-electron chi connectivity index (χ2n) is 6.53. The van der Waals surface area contributed by atoms with Crippen LogP contribution in [0.2, 0.25) is 0 Å². The number of aromatic nitrogens is 4. The van der Waals surface area contributed by atoms with Crippen molar-refractivity contribution in [2.24, 2.45) is 0 Å². The maximum atomic E-state index is 4.67. The van der Waals surface area contributed by atoms with Crippen molar-refractivity contribution in [3.8, 4) is 11.4 Å². The van der Waals surface area contributed by atoms with Gasteiger partial charge in [-0.3, -0.25) is 0 Å². The minimum absolute atomic E-state index is 0.720. The molecule has 0 radical (unpaired) electrons. The van der Waals surface area contributed by atoms with E-state index in [1.165, 1.54) is 11.1 Å². The van der Waals surface area contributed by atoms with Crippen LogP contribution in [0.1, 0.15) is 18.1 Å². The van der Waals surface area contributed by atoms with Gasteiger partial charge in [0.25, 0.3) is 0 Å². The molecular weight excluding hydrogens is 356 g/mol. The van der Waals surface area contributed by atoms with Gasteiger partial charge in [0.05, 0.1) is 0 Å². The molecule has 6 nitrogen and oxygen atoms in total. The van der Waals surface area contributed by atoms with Crippen LogP contribution in [-0.4, -0.2) is 38.3 Å². The normalized spacial score (nSPS) is 11.4. The first-order valence-corrected chi connectivity index (χ1v) is 9.92. The van der Waals surface area contributed by atoms with E-state index >= 15 is 0 Å². The van der Waals surface area contributed by atoms with Crippen molar-refractivity contribution in [1.82, 2.24) is 24.7 Å². The highest BCUT2D eigenvalue weighted by Crippen LogP contribution is 2.21. The summed E-state index contributed by atoms with van der Waals surface area (Å²) in [5.74, 6) is 1.56. The van der Waals surface area contributed by atoms with E-state index in [4.69, 9.17) is 0 Å².